The molecule has 0 spiro atoms. The molecule has 1 aromatic rings. The number of nitrogens with one attached hydrogen (secondary N) is 1. The van der Waals surface area contributed by atoms with Gasteiger partial charge in [0.05, 0.1) is 10.8 Å². The van der Waals surface area contributed by atoms with E-state index in [0.717, 1.165) is 25.7 Å². The van der Waals surface area contributed by atoms with Crippen LogP contribution in [-0.4, -0.2) is 21.0 Å². The summed E-state index contributed by atoms with van der Waals surface area (Å²) >= 11 is 5.67. The second-order valence-electron chi connectivity index (χ2n) is 5.51. The Morgan fingerprint density at radius 3 is 2.71 bits per heavy atom. The van der Waals surface area contributed by atoms with Crippen molar-refractivity contribution in [3.05, 3.63) is 34.6 Å². The molecule has 4 nitrogen and oxygen atoms in total. The summed E-state index contributed by atoms with van der Waals surface area (Å²) in [5.41, 5.74) is 6.17. The van der Waals surface area contributed by atoms with Gasteiger partial charge in [-0.2, -0.15) is 0 Å². The van der Waals surface area contributed by atoms with Gasteiger partial charge in [0.25, 0.3) is 0 Å². The molecule has 1 aliphatic carbocycles. The van der Waals surface area contributed by atoms with Crippen LogP contribution in [0.15, 0.2) is 18.2 Å². The molecule has 1 saturated carbocycles. The molecule has 0 saturated heterocycles. The van der Waals surface area contributed by atoms with Gasteiger partial charge < -0.3 is 5.73 Å². The standard InChI is InChI=1S/C14H20ClFN2O2S/c15-12-7-10(5-6-13(12)16)9-21(19,20)18-14-4-2-1-3-11(14)8-17/h5-7,11,14,18H,1-4,8-9,17H2. The Kier molecular flexibility index (Phi) is 5.60. The van der Waals surface area contributed by atoms with E-state index in [4.69, 9.17) is 17.3 Å². The lowest BCUT2D eigenvalue weighted by Crippen LogP contribution is -2.45. The Labute approximate surface area is 129 Å². The first-order chi connectivity index (χ1) is 9.91. The van der Waals surface area contributed by atoms with Crippen molar-refractivity contribution in [3.8, 4) is 0 Å². The maximum atomic E-state index is 13.1. The minimum Gasteiger partial charge on any atom is -0.330 e. The number of rotatable bonds is 5. The van der Waals surface area contributed by atoms with Crippen LogP contribution in [0.3, 0.4) is 0 Å². The fourth-order valence-corrected chi connectivity index (χ4v) is 4.44. The number of halogens is 2. The van der Waals surface area contributed by atoms with Crippen LogP contribution in [0.2, 0.25) is 5.02 Å². The molecule has 1 fully saturated rings. The second kappa shape index (κ2) is 7.05. The molecule has 0 aromatic heterocycles. The van der Waals surface area contributed by atoms with Gasteiger partial charge in [0.15, 0.2) is 0 Å². The second-order valence-corrected chi connectivity index (χ2v) is 7.67. The lowest BCUT2D eigenvalue weighted by Gasteiger charge is -2.31. The van der Waals surface area contributed by atoms with Crippen molar-refractivity contribution in [1.29, 1.82) is 0 Å². The van der Waals surface area contributed by atoms with Gasteiger partial charge in [0, 0.05) is 6.04 Å². The minimum absolute atomic E-state index is 0.0693. The molecule has 0 bridgehead atoms. The summed E-state index contributed by atoms with van der Waals surface area (Å²) in [6, 6.07) is 3.85. The third kappa shape index (κ3) is 4.64. The van der Waals surface area contributed by atoms with Crippen molar-refractivity contribution in [2.24, 2.45) is 11.7 Å². The van der Waals surface area contributed by atoms with Gasteiger partial charge in [0.2, 0.25) is 10.0 Å². The zero-order chi connectivity index (χ0) is 15.5. The van der Waals surface area contributed by atoms with E-state index in [1.165, 1.54) is 18.2 Å². The Morgan fingerprint density at radius 2 is 2.05 bits per heavy atom. The summed E-state index contributed by atoms with van der Waals surface area (Å²) < 4.78 is 40.3. The fourth-order valence-electron chi connectivity index (χ4n) is 2.77. The smallest absolute Gasteiger partial charge is 0.216 e. The van der Waals surface area contributed by atoms with Gasteiger partial charge in [-0.05, 0) is 43.0 Å². The highest BCUT2D eigenvalue weighted by Crippen LogP contribution is 2.25. The van der Waals surface area contributed by atoms with E-state index >= 15 is 0 Å². The number of sulfonamides is 1. The van der Waals surface area contributed by atoms with Crippen LogP contribution in [0.1, 0.15) is 31.2 Å². The molecule has 0 heterocycles. The highest BCUT2D eigenvalue weighted by atomic mass is 35.5. The monoisotopic (exact) mass is 334 g/mol. The van der Waals surface area contributed by atoms with Crippen molar-refractivity contribution < 1.29 is 12.8 Å². The Morgan fingerprint density at radius 1 is 1.33 bits per heavy atom. The maximum Gasteiger partial charge on any atom is 0.216 e. The molecule has 7 heteroatoms. The van der Waals surface area contributed by atoms with Crippen molar-refractivity contribution >= 4 is 21.6 Å². The number of nitrogens with two attached hydrogens (primary N) is 1. The van der Waals surface area contributed by atoms with Crippen LogP contribution in [0.5, 0.6) is 0 Å². The zero-order valence-corrected chi connectivity index (χ0v) is 13.3. The molecule has 118 valence electrons. The fraction of sp³-hybridized carbons (Fsp3) is 0.571. The van der Waals surface area contributed by atoms with Gasteiger partial charge in [0.1, 0.15) is 5.82 Å². The normalized spacial score (nSPS) is 23.2. The predicted molar refractivity (Wildman–Crippen MR) is 82.0 cm³/mol. The molecule has 3 N–H and O–H groups in total. The third-order valence-electron chi connectivity index (χ3n) is 3.88. The topological polar surface area (TPSA) is 72.2 Å². The molecule has 2 unspecified atom stereocenters. The van der Waals surface area contributed by atoms with E-state index < -0.39 is 15.8 Å². The van der Waals surface area contributed by atoms with Crippen LogP contribution in [-0.2, 0) is 15.8 Å². The minimum atomic E-state index is -3.49. The van der Waals surface area contributed by atoms with Crippen LogP contribution in [0, 0.1) is 11.7 Å². The molecule has 21 heavy (non-hydrogen) atoms. The predicted octanol–water partition coefficient (Wildman–Crippen LogP) is 2.42. The van der Waals surface area contributed by atoms with Crippen LogP contribution in [0.25, 0.3) is 0 Å². The SMILES string of the molecule is NCC1CCCCC1NS(=O)(=O)Cc1ccc(F)c(Cl)c1. The summed E-state index contributed by atoms with van der Waals surface area (Å²) in [6.07, 6.45) is 3.86. The van der Waals surface area contributed by atoms with Crippen LogP contribution >= 0.6 is 11.6 Å². The molecule has 2 atom stereocenters. The Balaban J connectivity index is 2.05. The largest absolute Gasteiger partial charge is 0.330 e. The summed E-state index contributed by atoms with van der Waals surface area (Å²) in [6.45, 7) is 0.482. The summed E-state index contributed by atoms with van der Waals surface area (Å²) in [7, 11) is -3.49. The molecule has 0 amide bonds. The van der Waals surface area contributed by atoms with Crippen molar-refractivity contribution in [1.82, 2.24) is 4.72 Å². The van der Waals surface area contributed by atoms with Crippen LogP contribution < -0.4 is 10.5 Å². The van der Waals surface area contributed by atoms with E-state index in [2.05, 4.69) is 4.72 Å². The van der Waals surface area contributed by atoms with Crippen LogP contribution in [0.4, 0.5) is 4.39 Å². The molecule has 2 rings (SSSR count). The lowest BCUT2D eigenvalue weighted by molar-refractivity contribution is 0.296. The third-order valence-corrected chi connectivity index (χ3v) is 5.55. The van der Waals surface area contributed by atoms with E-state index in [9.17, 15) is 12.8 Å². The van der Waals surface area contributed by atoms with Gasteiger partial charge >= 0.3 is 0 Å². The first-order valence-electron chi connectivity index (χ1n) is 7.05. The molecule has 0 radical (unpaired) electrons. The quantitative estimate of drug-likeness (QED) is 0.868. The Hall–Kier alpha value is -0.690. The van der Waals surface area contributed by atoms with Gasteiger partial charge in [-0.1, -0.05) is 30.5 Å². The number of hydrogen-bond acceptors (Lipinski definition) is 3. The molecule has 0 aliphatic heterocycles. The molecular weight excluding hydrogens is 315 g/mol. The van der Waals surface area contributed by atoms with E-state index in [1.54, 1.807) is 0 Å². The average Bonchev–Trinajstić information content (AvgIpc) is 2.43. The van der Waals surface area contributed by atoms with Crippen molar-refractivity contribution in [2.45, 2.75) is 37.5 Å². The lowest BCUT2D eigenvalue weighted by atomic mass is 9.85. The molecule has 1 aliphatic rings. The first-order valence-corrected chi connectivity index (χ1v) is 9.08. The van der Waals surface area contributed by atoms with Crippen molar-refractivity contribution in [3.63, 3.8) is 0 Å². The zero-order valence-electron chi connectivity index (χ0n) is 11.7. The highest BCUT2D eigenvalue weighted by molar-refractivity contribution is 7.88. The highest BCUT2D eigenvalue weighted by Gasteiger charge is 2.27. The van der Waals surface area contributed by atoms with E-state index in [-0.39, 0.29) is 22.7 Å². The van der Waals surface area contributed by atoms with Gasteiger partial charge in [-0.15, -0.1) is 0 Å². The summed E-state index contributed by atoms with van der Waals surface area (Å²) in [5.74, 6) is -0.576. The summed E-state index contributed by atoms with van der Waals surface area (Å²) in [4.78, 5) is 0. The maximum absolute atomic E-state index is 13.1. The first kappa shape index (κ1) is 16.7. The van der Waals surface area contributed by atoms with E-state index in [1.807, 2.05) is 0 Å². The number of hydrogen-bond donors (Lipinski definition) is 2. The van der Waals surface area contributed by atoms with E-state index in [0.29, 0.717) is 12.1 Å². The average molecular weight is 335 g/mol. The van der Waals surface area contributed by atoms with Gasteiger partial charge in [-0.3, -0.25) is 0 Å². The molecule has 1 aromatic carbocycles. The molecular formula is C14H20ClFN2O2S. The number of benzene rings is 1. The van der Waals surface area contributed by atoms with Crippen molar-refractivity contribution in [2.75, 3.05) is 6.54 Å². The Bertz CT molecular complexity index is 595. The van der Waals surface area contributed by atoms with Gasteiger partial charge in [-0.25, -0.2) is 17.5 Å². The summed E-state index contributed by atoms with van der Waals surface area (Å²) in [5, 5.41) is -0.0693.